The minimum Gasteiger partial charge on any atom is -0.369 e. The Labute approximate surface area is 169 Å². The number of amides is 1. The summed E-state index contributed by atoms with van der Waals surface area (Å²) in [5.41, 5.74) is 2.63. The number of hydrogen-bond donors (Lipinski definition) is 1. The van der Waals surface area contributed by atoms with E-state index < -0.39 is 0 Å². The summed E-state index contributed by atoms with van der Waals surface area (Å²) in [5.74, 6) is 0.310. The zero-order valence-electron chi connectivity index (χ0n) is 15.8. The van der Waals surface area contributed by atoms with Gasteiger partial charge in [-0.05, 0) is 31.5 Å². The number of carbonyl (C=O) groups is 1. The predicted octanol–water partition coefficient (Wildman–Crippen LogP) is 2.17. The van der Waals surface area contributed by atoms with Crippen LogP contribution >= 0.6 is 24.8 Å². The Kier molecular flexibility index (Phi) is 9.72. The van der Waals surface area contributed by atoms with Gasteiger partial charge in [-0.15, -0.1) is 24.8 Å². The first-order valence-electron chi connectivity index (χ1n) is 9.17. The van der Waals surface area contributed by atoms with Crippen LogP contribution in [0.4, 0.5) is 5.69 Å². The molecule has 7 heteroatoms. The fraction of sp³-hybridized carbons (Fsp3) is 0.632. The predicted molar refractivity (Wildman–Crippen MR) is 113 cm³/mol. The zero-order valence-corrected chi connectivity index (χ0v) is 17.5. The quantitative estimate of drug-likeness (QED) is 0.837. The second-order valence-electron chi connectivity index (χ2n) is 7.06. The molecule has 1 atom stereocenters. The van der Waals surface area contributed by atoms with E-state index in [0.29, 0.717) is 18.4 Å². The Bertz CT molecular complexity index is 564. The Morgan fingerprint density at radius 2 is 1.88 bits per heavy atom. The van der Waals surface area contributed by atoms with Crippen molar-refractivity contribution in [1.82, 2.24) is 15.1 Å². The summed E-state index contributed by atoms with van der Waals surface area (Å²) < 4.78 is 0. The Balaban J connectivity index is 0.00000169. The molecule has 2 saturated heterocycles. The number of carbonyl (C=O) groups excluding carboxylic acids is 1. The first kappa shape index (κ1) is 23.0. The maximum absolute atomic E-state index is 12.4. The third-order valence-electron chi connectivity index (χ3n) is 5.20. The Morgan fingerprint density at radius 3 is 2.54 bits per heavy atom. The van der Waals surface area contributed by atoms with Crippen molar-refractivity contribution >= 4 is 36.4 Å². The van der Waals surface area contributed by atoms with Crippen molar-refractivity contribution in [1.29, 1.82) is 0 Å². The van der Waals surface area contributed by atoms with E-state index in [1.54, 1.807) is 0 Å². The van der Waals surface area contributed by atoms with Crippen LogP contribution in [0, 0.1) is 6.92 Å². The average molecular weight is 403 g/mol. The van der Waals surface area contributed by atoms with Gasteiger partial charge in [0.2, 0.25) is 5.91 Å². The van der Waals surface area contributed by atoms with Gasteiger partial charge in [-0.3, -0.25) is 9.69 Å². The molecule has 2 fully saturated rings. The van der Waals surface area contributed by atoms with Crippen molar-refractivity contribution in [3.8, 4) is 0 Å². The van der Waals surface area contributed by atoms with E-state index in [1.807, 2.05) is 4.90 Å². The Morgan fingerprint density at radius 1 is 1.15 bits per heavy atom. The van der Waals surface area contributed by atoms with Gasteiger partial charge < -0.3 is 15.1 Å². The van der Waals surface area contributed by atoms with Gasteiger partial charge in [-0.2, -0.15) is 0 Å². The van der Waals surface area contributed by atoms with Crippen LogP contribution < -0.4 is 10.2 Å². The third-order valence-corrected chi connectivity index (χ3v) is 5.20. The lowest BCUT2D eigenvalue weighted by atomic mass is 10.1. The molecule has 0 aromatic heterocycles. The molecule has 0 unspecified atom stereocenters. The first-order chi connectivity index (χ1) is 11.6. The SMILES string of the molecule is Cc1cccc(N2CCN(CCC(=O)N3CCNC[C@@H]3C)CC2)c1.Cl.Cl. The lowest BCUT2D eigenvalue weighted by Gasteiger charge is -2.37. The van der Waals surface area contributed by atoms with E-state index in [-0.39, 0.29) is 24.8 Å². The maximum Gasteiger partial charge on any atom is 0.224 e. The maximum atomic E-state index is 12.4. The van der Waals surface area contributed by atoms with Gasteiger partial charge in [-0.25, -0.2) is 0 Å². The monoisotopic (exact) mass is 402 g/mol. The summed E-state index contributed by atoms with van der Waals surface area (Å²) >= 11 is 0. The molecule has 1 amide bonds. The molecule has 5 nitrogen and oxygen atoms in total. The topological polar surface area (TPSA) is 38.8 Å². The van der Waals surface area contributed by atoms with Gasteiger partial charge in [-0.1, -0.05) is 12.1 Å². The van der Waals surface area contributed by atoms with Crippen LogP contribution in [-0.2, 0) is 4.79 Å². The summed E-state index contributed by atoms with van der Waals surface area (Å²) in [6.45, 7) is 12.0. The van der Waals surface area contributed by atoms with E-state index in [4.69, 9.17) is 0 Å². The highest BCUT2D eigenvalue weighted by molar-refractivity contribution is 5.85. The van der Waals surface area contributed by atoms with Crippen LogP contribution in [0.3, 0.4) is 0 Å². The number of halogens is 2. The van der Waals surface area contributed by atoms with Gasteiger partial charge in [0.05, 0.1) is 0 Å². The van der Waals surface area contributed by atoms with Crippen LogP contribution in [0.25, 0.3) is 0 Å². The highest BCUT2D eigenvalue weighted by Gasteiger charge is 2.24. The van der Waals surface area contributed by atoms with E-state index in [9.17, 15) is 4.79 Å². The van der Waals surface area contributed by atoms with Crippen LogP contribution in [0.15, 0.2) is 24.3 Å². The fourth-order valence-corrected chi connectivity index (χ4v) is 3.66. The van der Waals surface area contributed by atoms with Crippen molar-refractivity contribution in [2.75, 3.05) is 57.3 Å². The summed E-state index contributed by atoms with van der Waals surface area (Å²) in [7, 11) is 0. The molecule has 1 aromatic rings. The molecule has 0 aliphatic carbocycles. The van der Waals surface area contributed by atoms with E-state index in [0.717, 1.165) is 52.4 Å². The molecule has 0 radical (unpaired) electrons. The molecule has 1 N–H and O–H groups in total. The van der Waals surface area contributed by atoms with Gasteiger partial charge in [0, 0.05) is 70.5 Å². The molecule has 3 rings (SSSR count). The van der Waals surface area contributed by atoms with Gasteiger partial charge in [0.25, 0.3) is 0 Å². The molecule has 148 valence electrons. The van der Waals surface area contributed by atoms with E-state index in [1.165, 1.54) is 11.3 Å². The number of benzene rings is 1. The van der Waals surface area contributed by atoms with Gasteiger partial charge in [0.15, 0.2) is 0 Å². The molecule has 0 spiro atoms. The van der Waals surface area contributed by atoms with Crippen LogP contribution in [0.2, 0.25) is 0 Å². The molecule has 0 saturated carbocycles. The van der Waals surface area contributed by atoms with Crippen molar-refractivity contribution < 1.29 is 4.79 Å². The minimum absolute atomic E-state index is 0. The number of nitrogens with zero attached hydrogens (tertiary/aromatic N) is 3. The average Bonchev–Trinajstić information content (AvgIpc) is 2.60. The number of anilines is 1. The van der Waals surface area contributed by atoms with Crippen LogP contribution in [0.5, 0.6) is 0 Å². The summed E-state index contributed by atoms with van der Waals surface area (Å²) in [5, 5.41) is 3.34. The van der Waals surface area contributed by atoms with Crippen LogP contribution in [-0.4, -0.2) is 74.1 Å². The standard InChI is InChI=1S/C19H30N4O.2ClH/c1-16-4-3-5-18(14-16)22-12-10-21(11-13-22)8-6-19(24)23-9-7-20-15-17(23)2;;/h3-5,14,17,20H,6-13,15H2,1-2H3;2*1H/t17-;;/m0../s1. The van der Waals surface area contributed by atoms with E-state index >= 15 is 0 Å². The van der Waals surface area contributed by atoms with E-state index in [2.05, 4.69) is 53.2 Å². The smallest absolute Gasteiger partial charge is 0.224 e. The molecule has 0 bridgehead atoms. The summed E-state index contributed by atoms with van der Waals surface area (Å²) in [4.78, 5) is 19.4. The lowest BCUT2D eigenvalue weighted by molar-refractivity contribution is -0.134. The van der Waals surface area contributed by atoms with Crippen molar-refractivity contribution in [3.63, 3.8) is 0 Å². The normalized spacial score (nSPS) is 20.9. The highest BCUT2D eigenvalue weighted by Crippen LogP contribution is 2.18. The summed E-state index contributed by atoms with van der Waals surface area (Å²) in [6, 6.07) is 9.04. The molecule has 26 heavy (non-hydrogen) atoms. The minimum atomic E-state index is 0. The van der Waals surface area contributed by atoms with Crippen molar-refractivity contribution in [3.05, 3.63) is 29.8 Å². The zero-order chi connectivity index (χ0) is 16.9. The number of rotatable bonds is 4. The van der Waals surface area contributed by atoms with Crippen LogP contribution in [0.1, 0.15) is 18.9 Å². The summed E-state index contributed by atoms with van der Waals surface area (Å²) in [6.07, 6.45) is 0.648. The number of nitrogens with one attached hydrogen (secondary N) is 1. The van der Waals surface area contributed by atoms with Gasteiger partial charge in [0.1, 0.15) is 0 Å². The molecular formula is C19H32Cl2N4O. The third kappa shape index (κ3) is 6.02. The van der Waals surface area contributed by atoms with Gasteiger partial charge >= 0.3 is 0 Å². The van der Waals surface area contributed by atoms with Crippen molar-refractivity contribution in [2.45, 2.75) is 26.3 Å². The highest BCUT2D eigenvalue weighted by atomic mass is 35.5. The first-order valence-corrected chi connectivity index (χ1v) is 9.17. The van der Waals surface area contributed by atoms with Crippen molar-refractivity contribution in [2.24, 2.45) is 0 Å². The molecule has 1 aromatic carbocycles. The molecule has 2 aliphatic rings. The molecule has 2 heterocycles. The second kappa shape index (κ2) is 11.0. The number of hydrogen-bond acceptors (Lipinski definition) is 4. The second-order valence-corrected chi connectivity index (χ2v) is 7.06. The number of piperazine rings is 2. The number of aryl methyl sites for hydroxylation is 1. The molecule has 2 aliphatic heterocycles. The Hall–Kier alpha value is -1.01. The molecular weight excluding hydrogens is 371 g/mol. The lowest BCUT2D eigenvalue weighted by Crippen LogP contribution is -2.53. The largest absolute Gasteiger partial charge is 0.369 e. The fourth-order valence-electron chi connectivity index (χ4n) is 3.66.